The van der Waals surface area contributed by atoms with Gasteiger partial charge in [-0.05, 0) is 31.5 Å². The van der Waals surface area contributed by atoms with Gasteiger partial charge in [0, 0.05) is 37.9 Å². The third-order valence-electron chi connectivity index (χ3n) is 4.38. The van der Waals surface area contributed by atoms with Crippen LogP contribution in [0.25, 0.3) is 5.69 Å². The van der Waals surface area contributed by atoms with Gasteiger partial charge in [0.15, 0.2) is 0 Å². The summed E-state index contributed by atoms with van der Waals surface area (Å²) in [5.41, 5.74) is 7.68. The second kappa shape index (κ2) is 9.56. The molecule has 1 aromatic carbocycles. The van der Waals surface area contributed by atoms with E-state index in [9.17, 15) is 4.79 Å². The summed E-state index contributed by atoms with van der Waals surface area (Å²) in [6, 6.07) is 10.1. The van der Waals surface area contributed by atoms with E-state index in [0.717, 1.165) is 38.2 Å². The summed E-state index contributed by atoms with van der Waals surface area (Å²) in [6.45, 7) is 3.69. The first-order valence-electron chi connectivity index (χ1n) is 8.55. The van der Waals surface area contributed by atoms with E-state index in [4.69, 9.17) is 5.73 Å². The fraction of sp³-hybridized carbons (Fsp3) is 0.444. The van der Waals surface area contributed by atoms with Crippen molar-refractivity contribution in [1.29, 1.82) is 0 Å². The van der Waals surface area contributed by atoms with Crippen LogP contribution >= 0.6 is 12.4 Å². The number of hydrogen-bond donors (Lipinski definition) is 2. The van der Waals surface area contributed by atoms with Gasteiger partial charge in [0.2, 0.25) is 5.91 Å². The first-order valence-corrected chi connectivity index (χ1v) is 8.55. The van der Waals surface area contributed by atoms with Crippen LogP contribution in [0.4, 0.5) is 0 Å². The summed E-state index contributed by atoms with van der Waals surface area (Å²) < 4.78 is 1.89. The quantitative estimate of drug-likeness (QED) is 0.817. The average Bonchev–Trinajstić information content (AvgIpc) is 3.09. The van der Waals surface area contributed by atoms with Crippen LogP contribution in [0.3, 0.4) is 0 Å². The Hall–Kier alpha value is -1.89. The van der Waals surface area contributed by atoms with Crippen molar-refractivity contribution < 1.29 is 4.79 Å². The molecule has 0 radical (unpaired) electrons. The smallest absolute Gasteiger partial charge is 0.224 e. The van der Waals surface area contributed by atoms with E-state index >= 15 is 0 Å². The van der Waals surface area contributed by atoms with E-state index in [2.05, 4.69) is 21.5 Å². The zero-order chi connectivity index (χ0) is 16.8. The molecule has 0 aliphatic carbocycles. The molecule has 1 amide bonds. The monoisotopic (exact) mass is 363 g/mol. The summed E-state index contributed by atoms with van der Waals surface area (Å²) in [6.07, 6.45) is 5.97. The highest BCUT2D eigenvalue weighted by Gasteiger charge is 2.25. The van der Waals surface area contributed by atoms with Gasteiger partial charge in [0.25, 0.3) is 0 Å². The van der Waals surface area contributed by atoms with Gasteiger partial charge >= 0.3 is 0 Å². The molecular formula is C18H26ClN5O. The number of rotatable bonds is 6. The van der Waals surface area contributed by atoms with E-state index in [1.54, 1.807) is 0 Å². The molecule has 2 aromatic rings. The number of nitrogens with two attached hydrogens (primary N) is 1. The maximum Gasteiger partial charge on any atom is 0.224 e. The van der Waals surface area contributed by atoms with Crippen molar-refractivity contribution >= 4 is 18.3 Å². The SMILES string of the molecule is Cl.NCCNC(=O)C1CCCN(Cc2cnn(-c3ccccc3)c2)C1. The Kier molecular flexibility index (Phi) is 7.43. The van der Waals surface area contributed by atoms with Crippen LogP contribution in [0, 0.1) is 5.92 Å². The number of nitrogens with one attached hydrogen (secondary N) is 1. The Morgan fingerprint density at radius 3 is 2.88 bits per heavy atom. The largest absolute Gasteiger partial charge is 0.355 e. The summed E-state index contributed by atoms with van der Waals surface area (Å²) in [7, 11) is 0. The lowest BCUT2D eigenvalue weighted by molar-refractivity contribution is -0.126. The normalized spacial score (nSPS) is 17.7. The second-order valence-electron chi connectivity index (χ2n) is 6.28. The molecule has 25 heavy (non-hydrogen) atoms. The topological polar surface area (TPSA) is 76.2 Å². The van der Waals surface area contributed by atoms with E-state index in [-0.39, 0.29) is 24.2 Å². The first-order chi connectivity index (χ1) is 11.8. The first kappa shape index (κ1) is 19.4. The fourth-order valence-corrected chi connectivity index (χ4v) is 3.17. The van der Waals surface area contributed by atoms with Gasteiger partial charge in [-0.3, -0.25) is 9.69 Å². The molecule has 1 unspecified atom stereocenters. The number of amides is 1. The average molecular weight is 364 g/mol. The zero-order valence-electron chi connectivity index (χ0n) is 14.3. The standard InChI is InChI=1S/C18H25N5O.ClH/c19-8-9-20-18(24)16-5-4-10-22(14-16)12-15-11-21-23(13-15)17-6-2-1-3-7-17;/h1-3,6-7,11,13,16H,4-5,8-10,12,14,19H2,(H,20,24);1H. The number of carbonyl (C=O) groups excluding carboxylic acids is 1. The molecule has 2 heterocycles. The van der Waals surface area contributed by atoms with Crippen LogP contribution in [0.2, 0.25) is 0 Å². The molecule has 1 atom stereocenters. The maximum atomic E-state index is 12.1. The highest BCUT2D eigenvalue weighted by molar-refractivity contribution is 5.85. The lowest BCUT2D eigenvalue weighted by atomic mass is 9.97. The second-order valence-corrected chi connectivity index (χ2v) is 6.28. The van der Waals surface area contributed by atoms with Crippen molar-refractivity contribution in [2.45, 2.75) is 19.4 Å². The fourth-order valence-electron chi connectivity index (χ4n) is 3.17. The van der Waals surface area contributed by atoms with Crippen molar-refractivity contribution in [3.8, 4) is 5.69 Å². The van der Waals surface area contributed by atoms with Crippen LogP contribution in [-0.4, -0.2) is 46.8 Å². The Morgan fingerprint density at radius 2 is 2.12 bits per heavy atom. The molecule has 1 aromatic heterocycles. The number of hydrogen-bond acceptors (Lipinski definition) is 4. The van der Waals surface area contributed by atoms with Gasteiger partial charge in [-0.25, -0.2) is 4.68 Å². The number of likely N-dealkylation sites (tertiary alicyclic amines) is 1. The maximum absolute atomic E-state index is 12.1. The van der Waals surface area contributed by atoms with Crippen LogP contribution in [-0.2, 0) is 11.3 Å². The zero-order valence-corrected chi connectivity index (χ0v) is 15.1. The molecule has 0 bridgehead atoms. The number of piperidine rings is 1. The molecule has 7 heteroatoms. The molecule has 6 nitrogen and oxygen atoms in total. The van der Waals surface area contributed by atoms with Crippen molar-refractivity contribution in [2.75, 3.05) is 26.2 Å². The number of halogens is 1. The predicted molar refractivity (Wildman–Crippen MR) is 101 cm³/mol. The highest BCUT2D eigenvalue weighted by Crippen LogP contribution is 2.19. The molecule has 3 rings (SSSR count). The lowest BCUT2D eigenvalue weighted by Crippen LogP contribution is -2.43. The highest BCUT2D eigenvalue weighted by atomic mass is 35.5. The minimum Gasteiger partial charge on any atom is -0.355 e. The molecule has 136 valence electrons. The number of benzene rings is 1. The Morgan fingerprint density at radius 1 is 1.32 bits per heavy atom. The number of nitrogens with zero attached hydrogens (tertiary/aromatic N) is 3. The van der Waals surface area contributed by atoms with Crippen molar-refractivity contribution in [2.24, 2.45) is 11.7 Å². The van der Waals surface area contributed by atoms with Crippen LogP contribution < -0.4 is 11.1 Å². The van der Waals surface area contributed by atoms with Gasteiger partial charge in [-0.1, -0.05) is 18.2 Å². The van der Waals surface area contributed by atoms with E-state index < -0.39 is 0 Å². The number of para-hydroxylation sites is 1. The molecule has 1 aliphatic rings. The van der Waals surface area contributed by atoms with E-state index in [1.165, 1.54) is 5.56 Å². The summed E-state index contributed by atoms with van der Waals surface area (Å²) in [5.74, 6) is 0.194. The Balaban J connectivity index is 0.00000225. The molecule has 1 saturated heterocycles. The van der Waals surface area contributed by atoms with Crippen molar-refractivity contribution in [3.63, 3.8) is 0 Å². The molecule has 1 aliphatic heterocycles. The number of carbonyl (C=O) groups is 1. The lowest BCUT2D eigenvalue weighted by Gasteiger charge is -2.31. The molecule has 1 fully saturated rings. The van der Waals surface area contributed by atoms with Crippen molar-refractivity contribution in [1.82, 2.24) is 20.0 Å². The van der Waals surface area contributed by atoms with Gasteiger partial charge in [-0.15, -0.1) is 12.4 Å². The van der Waals surface area contributed by atoms with Gasteiger partial charge in [0.1, 0.15) is 0 Å². The number of aromatic nitrogens is 2. The molecule has 0 spiro atoms. The minimum atomic E-state index is 0. The predicted octanol–water partition coefficient (Wildman–Crippen LogP) is 1.58. The molecule has 0 saturated carbocycles. The third-order valence-corrected chi connectivity index (χ3v) is 4.38. The Labute approximate surface area is 154 Å². The van der Waals surface area contributed by atoms with E-state index in [0.29, 0.717) is 13.1 Å². The van der Waals surface area contributed by atoms with Crippen molar-refractivity contribution in [3.05, 3.63) is 48.3 Å². The summed E-state index contributed by atoms with van der Waals surface area (Å²) in [5, 5.41) is 7.35. The van der Waals surface area contributed by atoms with Gasteiger partial charge < -0.3 is 11.1 Å². The summed E-state index contributed by atoms with van der Waals surface area (Å²) in [4.78, 5) is 14.5. The minimum absolute atomic E-state index is 0. The van der Waals surface area contributed by atoms with Crippen LogP contribution in [0.15, 0.2) is 42.7 Å². The molecule has 3 N–H and O–H groups in total. The third kappa shape index (κ3) is 5.29. The van der Waals surface area contributed by atoms with Crippen LogP contribution in [0.5, 0.6) is 0 Å². The molecular weight excluding hydrogens is 338 g/mol. The van der Waals surface area contributed by atoms with E-state index in [1.807, 2.05) is 41.2 Å². The summed E-state index contributed by atoms with van der Waals surface area (Å²) >= 11 is 0. The van der Waals surface area contributed by atoms with Gasteiger partial charge in [-0.2, -0.15) is 5.10 Å². The van der Waals surface area contributed by atoms with Gasteiger partial charge in [0.05, 0.1) is 17.8 Å². The van der Waals surface area contributed by atoms with Crippen LogP contribution in [0.1, 0.15) is 18.4 Å². The Bertz CT molecular complexity index is 660.